The second kappa shape index (κ2) is 9.77. The van der Waals surface area contributed by atoms with Gasteiger partial charge in [0.15, 0.2) is 0 Å². The minimum atomic E-state index is -0.333. The Morgan fingerprint density at radius 2 is 1.59 bits per heavy atom. The van der Waals surface area contributed by atoms with Crippen LogP contribution in [0, 0.1) is 0 Å². The fourth-order valence-corrected chi connectivity index (χ4v) is 4.61. The van der Waals surface area contributed by atoms with E-state index >= 15 is 0 Å². The lowest BCUT2D eigenvalue weighted by Gasteiger charge is -2.38. The smallest absolute Gasteiger partial charge is 0.213 e. The maximum Gasteiger partial charge on any atom is 0.213 e. The molecule has 0 bridgehead atoms. The van der Waals surface area contributed by atoms with Crippen molar-refractivity contribution in [3.8, 4) is 17.2 Å². The quantitative estimate of drug-likeness (QED) is 0.308. The van der Waals surface area contributed by atoms with Crippen molar-refractivity contribution in [3.63, 3.8) is 0 Å². The Hall–Kier alpha value is -3.51. The zero-order valence-electron chi connectivity index (χ0n) is 18.7. The summed E-state index contributed by atoms with van der Waals surface area (Å²) < 4.78 is 18.8. The molecule has 0 aliphatic carbocycles. The van der Waals surface area contributed by atoms with E-state index in [1.807, 2.05) is 48.5 Å². The highest BCUT2D eigenvalue weighted by Crippen LogP contribution is 2.48. The number of hydrogen-bond acceptors (Lipinski definition) is 5. The summed E-state index contributed by atoms with van der Waals surface area (Å²) in [5.74, 6) is 2.49. The molecule has 0 fully saturated rings. The Kier molecular flexibility index (Phi) is 6.41. The zero-order chi connectivity index (χ0) is 23.5. The van der Waals surface area contributed by atoms with E-state index in [9.17, 15) is 0 Å². The first-order valence-corrected chi connectivity index (χ1v) is 12.0. The largest absolute Gasteiger partial charge is 0.490 e. The average Bonchev–Trinajstić information content (AvgIpc) is 3.32. The van der Waals surface area contributed by atoms with Gasteiger partial charge >= 0.3 is 0 Å². The van der Waals surface area contributed by atoms with Gasteiger partial charge in [-0.1, -0.05) is 41.2 Å². The van der Waals surface area contributed by atoms with Gasteiger partial charge in [-0.25, -0.2) is 5.01 Å². The molecular formula is C28H25BrN2O3. The maximum absolute atomic E-state index is 6.47. The van der Waals surface area contributed by atoms with Crippen molar-refractivity contribution in [2.24, 2.45) is 5.10 Å². The number of benzene rings is 3. The highest BCUT2D eigenvalue weighted by molar-refractivity contribution is 9.10. The Labute approximate surface area is 208 Å². The Morgan fingerprint density at radius 1 is 0.941 bits per heavy atom. The van der Waals surface area contributed by atoms with Gasteiger partial charge in [-0.05, 0) is 72.3 Å². The molecule has 3 aromatic rings. The normalized spacial score (nSPS) is 18.3. The lowest BCUT2D eigenvalue weighted by atomic mass is 9.96. The molecule has 0 saturated carbocycles. The molecule has 0 aromatic heterocycles. The molecule has 3 aromatic carbocycles. The summed E-state index contributed by atoms with van der Waals surface area (Å²) >= 11 is 3.61. The number of rotatable bonds is 8. The van der Waals surface area contributed by atoms with Gasteiger partial charge in [0.05, 0.1) is 11.8 Å². The van der Waals surface area contributed by atoms with E-state index in [-0.39, 0.29) is 12.3 Å². The van der Waals surface area contributed by atoms with Gasteiger partial charge in [0.1, 0.15) is 30.5 Å². The summed E-state index contributed by atoms with van der Waals surface area (Å²) in [6.07, 6.45) is 3.92. The molecule has 0 radical (unpaired) electrons. The third-order valence-electron chi connectivity index (χ3n) is 5.84. The van der Waals surface area contributed by atoms with Gasteiger partial charge in [0.25, 0.3) is 0 Å². The Morgan fingerprint density at radius 3 is 2.24 bits per heavy atom. The van der Waals surface area contributed by atoms with Crippen molar-refractivity contribution in [1.29, 1.82) is 0 Å². The molecule has 0 spiro atoms. The van der Waals surface area contributed by atoms with Gasteiger partial charge in [0.2, 0.25) is 6.23 Å². The van der Waals surface area contributed by atoms with Crippen LogP contribution in [0.4, 0.5) is 0 Å². The van der Waals surface area contributed by atoms with Crippen LogP contribution in [0.25, 0.3) is 0 Å². The summed E-state index contributed by atoms with van der Waals surface area (Å²) in [7, 11) is 0. The molecule has 0 N–H and O–H groups in total. The lowest BCUT2D eigenvalue weighted by Crippen LogP contribution is -2.33. The minimum absolute atomic E-state index is 0.0784. The van der Waals surface area contributed by atoms with E-state index in [1.54, 1.807) is 12.2 Å². The summed E-state index contributed by atoms with van der Waals surface area (Å²) in [5, 5.41) is 7.11. The Balaban J connectivity index is 1.47. The fourth-order valence-electron chi connectivity index (χ4n) is 4.24. The predicted octanol–water partition coefficient (Wildman–Crippen LogP) is 6.82. The van der Waals surface area contributed by atoms with E-state index in [0.29, 0.717) is 13.2 Å². The van der Waals surface area contributed by atoms with Crippen molar-refractivity contribution in [3.05, 3.63) is 113 Å². The molecule has 0 amide bonds. The highest BCUT2D eigenvalue weighted by Gasteiger charge is 2.41. The fraction of sp³-hybridized carbons (Fsp3) is 0.179. The van der Waals surface area contributed by atoms with Gasteiger partial charge in [0, 0.05) is 22.0 Å². The van der Waals surface area contributed by atoms with E-state index in [0.717, 1.165) is 50.5 Å². The number of hydrogen-bond donors (Lipinski definition) is 0. The van der Waals surface area contributed by atoms with Crippen LogP contribution in [0.3, 0.4) is 0 Å². The molecular weight excluding hydrogens is 492 g/mol. The zero-order valence-corrected chi connectivity index (χ0v) is 20.3. The van der Waals surface area contributed by atoms with E-state index in [2.05, 4.69) is 52.3 Å². The topological polar surface area (TPSA) is 43.3 Å². The molecule has 34 heavy (non-hydrogen) atoms. The molecule has 5 nitrogen and oxygen atoms in total. The van der Waals surface area contributed by atoms with Crippen molar-refractivity contribution in [1.82, 2.24) is 5.01 Å². The number of hydrazone groups is 1. The number of ether oxygens (including phenoxy) is 3. The lowest BCUT2D eigenvalue weighted by molar-refractivity contribution is -0.0191. The molecule has 6 heteroatoms. The molecule has 2 unspecified atom stereocenters. The third kappa shape index (κ3) is 4.46. The standard InChI is InChI=1S/C28H25BrN2O3/c1-3-15-32-22-10-5-19(6-11-22)25-18-26-24-17-21(29)9-14-27(24)34-28(31(26)30-25)20-7-12-23(13-8-20)33-16-4-2/h3-14,17,26,28H,1-2,15-16,18H2. The van der Waals surface area contributed by atoms with E-state index < -0.39 is 0 Å². The molecule has 0 saturated heterocycles. The summed E-state index contributed by atoms with van der Waals surface area (Å²) in [6, 6.07) is 22.3. The minimum Gasteiger partial charge on any atom is -0.490 e. The number of halogens is 1. The van der Waals surface area contributed by atoms with E-state index in [1.165, 1.54) is 0 Å². The highest BCUT2D eigenvalue weighted by atomic mass is 79.9. The van der Waals surface area contributed by atoms with Gasteiger partial charge in [-0.3, -0.25) is 0 Å². The maximum atomic E-state index is 6.47. The van der Waals surface area contributed by atoms with Crippen molar-refractivity contribution >= 4 is 21.6 Å². The van der Waals surface area contributed by atoms with Gasteiger partial charge in [-0.15, -0.1) is 0 Å². The van der Waals surface area contributed by atoms with Crippen LogP contribution in [-0.2, 0) is 0 Å². The summed E-state index contributed by atoms with van der Waals surface area (Å²) in [6.45, 7) is 8.35. The average molecular weight is 517 g/mol. The molecule has 172 valence electrons. The molecule has 2 aliphatic heterocycles. The van der Waals surface area contributed by atoms with Crippen molar-refractivity contribution in [2.45, 2.75) is 18.7 Å². The van der Waals surface area contributed by atoms with Crippen molar-refractivity contribution in [2.75, 3.05) is 13.2 Å². The van der Waals surface area contributed by atoms with Crippen LogP contribution >= 0.6 is 15.9 Å². The molecule has 5 rings (SSSR count). The summed E-state index contributed by atoms with van der Waals surface area (Å²) in [4.78, 5) is 0. The van der Waals surface area contributed by atoms with Gasteiger partial charge < -0.3 is 14.2 Å². The number of nitrogens with zero attached hydrogens (tertiary/aromatic N) is 2. The van der Waals surface area contributed by atoms with Crippen LogP contribution in [0.5, 0.6) is 17.2 Å². The molecule has 2 aliphatic rings. The first kappa shape index (κ1) is 22.3. The van der Waals surface area contributed by atoms with Crippen LogP contribution in [0.2, 0.25) is 0 Å². The Bertz CT molecular complexity index is 1220. The second-order valence-electron chi connectivity index (χ2n) is 8.09. The molecule has 2 heterocycles. The monoisotopic (exact) mass is 516 g/mol. The predicted molar refractivity (Wildman–Crippen MR) is 138 cm³/mol. The summed E-state index contributed by atoms with van der Waals surface area (Å²) in [5.41, 5.74) is 4.24. The first-order chi connectivity index (χ1) is 16.7. The SMILES string of the molecule is C=CCOc1ccc(C2=NN3C(C2)c2cc(Br)ccc2OC3c2ccc(OCC=C)cc2)cc1. The molecule has 2 atom stereocenters. The van der Waals surface area contributed by atoms with Crippen LogP contribution in [-0.4, -0.2) is 23.9 Å². The third-order valence-corrected chi connectivity index (χ3v) is 6.33. The van der Waals surface area contributed by atoms with Crippen LogP contribution in [0.1, 0.15) is 35.4 Å². The van der Waals surface area contributed by atoms with E-state index in [4.69, 9.17) is 19.3 Å². The second-order valence-corrected chi connectivity index (χ2v) is 9.01. The van der Waals surface area contributed by atoms with Gasteiger partial charge in [-0.2, -0.15) is 5.10 Å². The number of fused-ring (bicyclic) bond motifs is 3. The first-order valence-electron chi connectivity index (χ1n) is 11.2. The van der Waals surface area contributed by atoms with Crippen molar-refractivity contribution < 1.29 is 14.2 Å². The van der Waals surface area contributed by atoms with Crippen LogP contribution < -0.4 is 14.2 Å². The van der Waals surface area contributed by atoms with Crippen LogP contribution in [0.15, 0.2) is 102 Å².